The van der Waals surface area contributed by atoms with E-state index in [0.29, 0.717) is 18.1 Å². The summed E-state index contributed by atoms with van der Waals surface area (Å²) in [4.78, 5) is 18.3. The van der Waals surface area contributed by atoms with Gasteiger partial charge in [-0.05, 0) is 57.5 Å². The number of aryl methyl sites for hydroxylation is 2. The Morgan fingerprint density at radius 1 is 1.00 bits per heavy atom. The normalized spacial score (nSPS) is 11.7. The van der Waals surface area contributed by atoms with Crippen molar-refractivity contribution in [1.29, 1.82) is 0 Å². The van der Waals surface area contributed by atoms with Crippen LogP contribution in [0.15, 0.2) is 71.8 Å². The molecule has 0 atom stereocenters. The third-order valence-corrected chi connectivity index (χ3v) is 6.84. The van der Waals surface area contributed by atoms with E-state index in [2.05, 4.69) is 103 Å². The molecule has 0 bridgehead atoms. The lowest BCUT2D eigenvalue weighted by Gasteiger charge is -2.24. The molecule has 2 aromatic carbocycles. The SMILES string of the molecule is CCCc1cn(-c2c(C)cccc2C(C)(C)C)c(=O)n1Cc1ccc(-c2cccnc2-c2nnn[nH]2)cc1. The summed E-state index contributed by atoms with van der Waals surface area (Å²) in [5, 5.41) is 14.2. The predicted octanol–water partition coefficient (Wildman–Crippen LogP) is 5.49. The Morgan fingerprint density at radius 2 is 1.79 bits per heavy atom. The summed E-state index contributed by atoms with van der Waals surface area (Å²) in [6.45, 7) is 11.3. The molecule has 0 aliphatic carbocycles. The zero-order valence-electron chi connectivity index (χ0n) is 22.6. The highest BCUT2D eigenvalue weighted by Gasteiger charge is 2.23. The van der Waals surface area contributed by atoms with Gasteiger partial charge in [-0.2, -0.15) is 0 Å². The van der Waals surface area contributed by atoms with E-state index in [1.807, 2.05) is 27.5 Å². The highest BCUT2D eigenvalue weighted by Crippen LogP contribution is 2.31. The molecule has 0 unspecified atom stereocenters. The maximum Gasteiger partial charge on any atom is 0.333 e. The topological polar surface area (TPSA) is 94.3 Å². The van der Waals surface area contributed by atoms with E-state index in [0.717, 1.165) is 46.5 Å². The van der Waals surface area contributed by atoms with Crippen molar-refractivity contribution >= 4 is 0 Å². The number of nitrogens with one attached hydrogen (secondary N) is 1. The number of aromatic amines is 1. The van der Waals surface area contributed by atoms with E-state index >= 15 is 0 Å². The number of tetrazole rings is 1. The molecule has 194 valence electrons. The van der Waals surface area contributed by atoms with Crippen molar-refractivity contribution in [3.63, 3.8) is 0 Å². The van der Waals surface area contributed by atoms with E-state index in [-0.39, 0.29) is 11.1 Å². The highest BCUT2D eigenvalue weighted by atomic mass is 16.1. The molecule has 0 aliphatic heterocycles. The first-order chi connectivity index (χ1) is 18.3. The molecule has 0 fully saturated rings. The van der Waals surface area contributed by atoms with Crippen molar-refractivity contribution in [1.82, 2.24) is 34.7 Å². The number of aromatic nitrogens is 7. The number of rotatable bonds is 7. The fourth-order valence-electron chi connectivity index (χ4n) is 4.95. The minimum absolute atomic E-state index is 0.00954. The summed E-state index contributed by atoms with van der Waals surface area (Å²) in [5.74, 6) is 0.521. The van der Waals surface area contributed by atoms with E-state index in [1.54, 1.807) is 6.20 Å². The zero-order chi connectivity index (χ0) is 26.9. The Labute approximate surface area is 222 Å². The summed E-state index contributed by atoms with van der Waals surface area (Å²) >= 11 is 0. The minimum atomic E-state index is -0.0867. The van der Waals surface area contributed by atoms with Gasteiger partial charge in [0, 0.05) is 23.7 Å². The quantitative estimate of drug-likeness (QED) is 0.314. The monoisotopic (exact) mass is 507 g/mol. The van der Waals surface area contributed by atoms with Crippen LogP contribution in [-0.2, 0) is 18.4 Å². The van der Waals surface area contributed by atoms with Crippen LogP contribution >= 0.6 is 0 Å². The van der Waals surface area contributed by atoms with Crippen LogP contribution in [-0.4, -0.2) is 34.7 Å². The summed E-state index contributed by atoms with van der Waals surface area (Å²) in [7, 11) is 0. The Hall–Kier alpha value is -4.33. The molecule has 0 saturated heterocycles. The van der Waals surface area contributed by atoms with Crippen molar-refractivity contribution < 1.29 is 0 Å². The highest BCUT2D eigenvalue weighted by molar-refractivity contribution is 5.77. The molecular weight excluding hydrogens is 474 g/mol. The van der Waals surface area contributed by atoms with Crippen molar-refractivity contribution in [3.05, 3.63) is 99.9 Å². The van der Waals surface area contributed by atoms with E-state index in [9.17, 15) is 4.79 Å². The van der Waals surface area contributed by atoms with Crippen molar-refractivity contribution in [3.8, 4) is 28.3 Å². The summed E-state index contributed by atoms with van der Waals surface area (Å²) in [6, 6.07) is 18.4. The van der Waals surface area contributed by atoms with Crippen LogP contribution in [0.3, 0.4) is 0 Å². The van der Waals surface area contributed by atoms with Crippen LogP contribution in [0.4, 0.5) is 0 Å². The molecule has 5 rings (SSSR count). The average molecular weight is 508 g/mol. The zero-order valence-corrected chi connectivity index (χ0v) is 22.6. The van der Waals surface area contributed by atoms with E-state index < -0.39 is 0 Å². The number of H-pyrrole nitrogens is 1. The summed E-state index contributed by atoms with van der Waals surface area (Å²) in [6.07, 6.45) is 5.55. The second-order valence-electron chi connectivity index (χ2n) is 10.7. The van der Waals surface area contributed by atoms with Gasteiger partial charge < -0.3 is 0 Å². The Balaban J connectivity index is 1.52. The van der Waals surface area contributed by atoms with Crippen LogP contribution in [0.1, 0.15) is 56.5 Å². The number of pyridine rings is 1. The lowest BCUT2D eigenvalue weighted by atomic mass is 9.84. The average Bonchev–Trinajstić information content (AvgIpc) is 3.54. The lowest BCUT2D eigenvalue weighted by Crippen LogP contribution is -2.27. The number of imidazole rings is 1. The van der Waals surface area contributed by atoms with Gasteiger partial charge >= 0.3 is 5.69 Å². The third kappa shape index (κ3) is 4.81. The first-order valence-corrected chi connectivity index (χ1v) is 13.0. The third-order valence-electron chi connectivity index (χ3n) is 6.84. The molecular formula is C30H33N7O. The molecule has 0 amide bonds. The Kier molecular flexibility index (Phi) is 6.80. The second-order valence-corrected chi connectivity index (χ2v) is 10.7. The molecule has 0 radical (unpaired) electrons. The standard InChI is InChI=1S/C30H33N7O/c1-6-9-23-19-37(27-20(2)10-7-12-25(27)30(3,4)5)29(38)36(23)18-21-13-15-22(16-14-21)24-11-8-17-31-26(24)28-32-34-35-33-28/h7-8,10-17,19H,6,9,18H2,1-5H3,(H,32,33,34,35). The van der Waals surface area contributed by atoms with Gasteiger partial charge in [-0.25, -0.2) is 9.89 Å². The largest absolute Gasteiger partial charge is 0.333 e. The molecule has 5 aromatic rings. The fraction of sp³-hybridized carbons (Fsp3) is 0.300. The summed E-state index contributed by atoms with van der Waals surface area (Å²) < 4.78 is 3.76. The Morgan fingerprint density at radius 3 is 2.47 bits per heavy atom. The minimum Gasteiger partial charge on any atom is -0.292 e. The van der Waals surface area contributed by atoms with Crippen LogP contribution in [0, 0.1) is 6.92 Å². The lowest BCUT2D eigenvalue weighted by molar-refractivity contribution is 0.584. The molecule has 8 nitrogen and oxygen atoms in total. The fourth-order valence-corrected chi connectivity index (χ4v) is 4.95. The van der Waals surface area contributed by atoms with Gasteiger partial charge in [0.2, 0.25) is 0 Å². The number of nitrogens with zero attached hydrogens (tertiary/aromatic N) is 6. The molecule has 38 heavy (non-hydrogen) atoms. The molecule has 0 aliphatic rings. The Bertz CT molecular complexity index is 1600. The first kappa shape index (κ1) is 25.3. The summed E-state index contributed by atoms with van der Waals surface area (Å²) in [5.41, 5.74) is 7.87. The number of hydrogen-bond donors (Lipinski definition) is 1. The van der Waals surface area contributed by atoms with Crippen LogP contribution in [0.2, 0.25) is 0 Å². The number of hydrogen-bond acceptors (Lipinski definition) is 5. The van der Waals surface area contributed by atoms with Crippen molar-refractivity contribution in [2.75, 3.05) is 0 Å². The predicted molar refractivity (Wildman–Crippen MR) is 149 cm³/mol. The van der Waals surface area contributed by atoms with Gasteiger partial charge in [0.25, 0.3) is 0 Å². The number of benzene rings is 2. The van der Waals surface area contributed by atoms with Crippen LogP contribution < -0.4 is 5.69 Å². The molecule has 8 heteroatoms. The van der Waals surface area contributed by atoms with E-state index in [4.69, 9.17) is 0 Å². The maximum atomic E-state index is 13.9. The van der Waals surface area contributed by atoms with Crippen molar-refractivity contribution in [2.24, 2.45) is 0 Å². The smallest absolute Gasteiger partial charge is 0.292 e. The maximum absolute atomic E-state index is 13.9. The number of para-hydroxylation sites is 1. The molecule has 0 saturated carbocycles. The molecule has 3 heterocycles. The van der Waals surface area contributed by atoms with E-state index in [1.165, 1.54) is 5.56 Å². The first-order valence-electron chi connectivity index (χ1n) is 13.0. The van der Waals surface area contributed by atoms with Gasteiger partial charge in [-0.3, -0.25) is 14.1 Å². The molecule has 3 aromatic heterocycles. The molecule has 0 spiro atoms. The van der Waals surface area contributed by atoms with Crippen LogP contribution in [0.5, 0.6) is 0 Å². The van der Waals surface area contributed by atoms with Gasteiger partial charge in [-0.15, -0.1) is 5.10 Å². The van der Waals surface area contributed by atoms with Crippen LogP contribution in [0.25, 0.3) is 28.3 Å². The van der Waals surface area contributed by atoms with Gasteiger partial charge in [-0.1, -0.05) is 82.6 Å². The van der Waals surface area contributed by atoms with Gasteiger partial charge in [0.15, 0.2) is 5.82 Å². The van der Waals surface area contributed by atoms with Gasteiger partial charge in [0.1, 0.15) is 5.69 Å². The second kappa shape index (κ2) is 10.2. The van der Waals surface area contributed by atoms with Crippen molar-refractivity contribution in [2.45, 2.75) is 59.4 Å². The molecule has 1 N–H and O–H groups in total. The van der Waals surface area contributed by atoms with Gasteiger partial charge in [0.05, 0.1) is 12.2 Å².